The van der Waals surface area contributed by atoms with Gasteiger partial charge in [-0.1, -0.05) is 24.3 Å². The summed E-state index contributed by atoms with van der Waals surface area (Å²) in [5.41, 5.74) is 1.20. The molecule has 4 nitrogen and oxygen atoms in total. The van der Waals surface area contributed by atoms with Crippen molar-refractivity contribution in [3.8, 4) is 5.75 Å². The zero-order chi connectivity index (χ0) is 15.4. The topological polar surface area (TPSA) is 47.9 Å². The fourth-order valence-corrected chi connectivity index (χ4v) is 2.62. The van der Waals surface area contributed by atoms with E-state index in [0.717, 1.165) is 16.2 Å². The average molecular weight is 311 g/mol. The Hall–Kier alpha value is -2.66. The van der Waals surface area contributed by atoms with Gasteiger partial charge in [0, 0.05) is 16.5 Å². The standard InChI is InChI=1S/C17H13NO3S/c1-20-15-7-3-2-5-12(15)8-9-16-18-14(17(19)21-16)11-13-6-4-10-22-13/h2-11H,1H3/b9-8+,14-11-. The second-order valence-electron chi connectivity index (χ2n) is 4.46. The molecule has 0 saturated carbocycles. The van der Waals surface area contributed by atoms with Crippen LogP contribution in [0.3, 0.4) is 0 Å². The highest BCUT2D eigenvalue weighted by atomic mass is 32.1. The van der Waals surface area contributed by atoms with Crippen molar-refractivity contribution in [3.05, 3.63) is 64.0 Å². The lowest BCUT2D eigenvalue weighted by atomic mass is 10.2. The molecular formula is C17H13NO3S. The van der Waals surface area contributed by atoms with Crippen LogP contribution in [0.4, 0.5) is 0 Å². The summed E-state index contributed by atoms with van der Waals surface area (Å²) in [6.45, 7) is 0. The summed E-state index contributed by atoms with van der Waals surface area (Å²) in [4.78, 5) is 16.9. The molecule has 1 aliphatic heterocycles. The molecule has 1 aromatic heterocycles. The molecule has 0 unspecified atom stereocenters. The van der Waals surface area contributed by atoms with E-state index in [0.29, 0.717) is 5.70 Å². The largest absolute Gasteiger partial charge is 0.496 e. The average Bonchev–Trinajstić information content (AvgIpc) is 3.16. The van der Waals surface area contributed by atoms with Crippen molar-refractivity contribution in [1.29, 1.82) is 0 Å². The summed E-state index contributed by atoms with van der Waals surface area (Å²) in [5, 5.41) is 1.94. The monoisotopic (exact) mass is 311 g/mol. The van der Waals surface area contributed by atoms with Gasteiger partial charge in [-0.15, -0.1) is 11.3 Å². The smallest absolute Gasteiger partial charge is 0.363 e. The maximum Gasteiger partial charge on any atom is 0.363 e. The number of hydrogen-bond donors (Lipinski definition) is 0. The third kappa shape index (κ3) is 3.15. The van der Waals surface area contributed by atoms with Crippen molar-refractivity contribution in [2.75, 3.05) is 7.11 Å². The number of thiophene rings is 1. The van der Waals surface area contributed by atoms with Gasteiger partial charge in [-0.2, -0.15) is 0 Å². The van der Waals surface area contributed by atoms with Gasteiger partial charge in [0.05, 0.1) is 7.11 Å². The fourth-order valence-electron chi connectivity index (χ4n) is 1.97. The zero-order valence-electron chi connectivity index (χ0n) is 11.9. The van der Waals surface area contributed by atoms with Crippen molar-refractivity contribution < 1.29 is 14.3 Å². The van der Waals surface area contributed by atoms with E-state index < -0.39 is 5.97 Å². The molecule has 1 aromatic carbocycles. The van der Waals surface area contributed by atoms with E-state index in [1.807, 2.05) is 41.8 Å². The van der Waals surface area contributed by atoms with Crippen LogP contribution in [0, 0.1) is 0 Å². The molecule has 0 atom stereocenters. The first-order valence-corrected chi connectivity index (χ1v) is 7.51. The number of rotatable bonds is 4. The van der Waals surface area contributed by atoms with E-state index in [2.05, 4.69) is 4.99 Å². The number of carbonyl (C=O) groups excluding carboxylic acids is 1. The predicted molar refractivity (Wildman–Crippen MR) is 87.9 cm³/mol. The lowest BCUT2D eigenvalue weighted by Crippen LogP contribution is -2.01. The predicted octanol–water partition coefficient (Wildman–Crippen LogP) is 3.77. The number of methoxy groups -OCH3 is 1. The first-order valence-electron chi connectivity index (χ1n) is 6.63. The van der Waals surface area contributed by atoms with Gasteiger partial charge in [0.15, 0.2) is 5.70 Å². The highest BCUT2D eigenvalue weighted by molar-refractivity contribution is 7.10. The van der Waals surface area contributed by atoms with E-state index in [1.165, 1.54) is 0 Å². The number of para-hydroxylation sites is 1. The van der Waals surface area contributed by atoms with Crippen LogP contribution >= 0.6 is 11.3 Å². The maximum absolute atomic E-state index is 11.8. The van der Waals surface area contributed by atoms with E-state index in [-0.39, 0.29) is 5.90 Å². The summed E-state index contributed by atoms with van der Waals surface area (Å²) in [6, 6.07) is 11.4. The third-order valence-electron chi connectivity index (χ3n) is 3.00. The van der Waals surface area contributed by atoms with E-state index in [1.54, 1.807) is 36.7 Å². The summed E-state index contributed by atoms with van der Waals surface area (Å²) >= 11 is 1.54. The second-order valence-corrected chi connectivity index (χ2v) is 5.44. The number of ether oxygens (including phenoxy) is 2. The molecule has 0 fully saturated rings. The Labute approximate surface area is 132 Å². The van der Waals surface area contributed by atoms with Gasteiger partial charge in [-0.05, 0) is 29.7 Å². The van der Waals surface area contributed by atoms with Crippen molar-refractivity contribution >= 4 is 35.4 Å². The van der Waals surface area contributed by atoms with Crippen LogP contribution in [0.15, 0.2) is 58.5 Å². The van der Waals surface area contributed by atoms with Crippen LogP contribution in [0.5, 0.6) is 5.75 Å². The number of carbonyl (C=O) groups is 1. The van der Waals surface area contributed by atoms with Crippen LogP contribution < -0.4 is 4.74 Å². The van der Waals surface area contributed by atoms with Crippen molar-refractivity contribution in [3.63, 3.8) is 0 Å². The Bertz CT molecular complexity index is 773. The molecule has 0 radical (unpaired) electrons. The van der Waals surface area contributed by atoms with E-state index in [9.17, 15) is 4.79 Å². The minimum atomic E-state index is -0.437. The molecule has 2 aromatic rings. The lowest BCUT2D eigenvalue weighted by Gasteiger charge is -2.02. The molecule has 1 aliphatic rings. The van der Waals surface area contributed by atoms with Gasteiger partial charge in [-0.3, -0.25) is 0 Å². The summed E-state index contributed by atoms with van der Waals surface area (Å²) in [5.74, 6) is 0.588. The number of benzene rings is 1. The molecule has 110 valence electrons. The molecular weight excluding hydrogens is 298 g/mol. The minimum Gasteiger partial charge on any atom is -0.496 e. The Morgan fingerprint density at radius 2 is 2.05 bits per heavy atom. The van der Waals surface area contributed by atoms with Crippen molar-refractivity contribution in [2.45, 2.75) is 0 Å². The normalized spacial score (nSPS) is 16.1. The highest BCUT2D eigenvalue weighted by Crippen LogP contribution is 2.21. The van der Waals surface area contributed by atoms with Gasteiger partial charge in [0.25, 0.3) is 0 Å². The van der Waals surface area contributed by atoms with Gasteiger partial charge < -0.3 is 9.47 Å². The van der Waals surface area contributed by atoms with Gasteiger partial charge in [-0.25, -0.2) is 9.79 Å². The summed E-state index contributed by atoms with van der Waals surface area (Å²) in [7, 11) is 1.61. The summed E-state index contributed by atoms with van der Waals surface area (Å²) < 4.78 is 10.4. The van der Waals surface area contributed by atoms with Crippen LogP contribution in [-0.2, 0) is 9.53 Å². The molecule has 0 aliphatic carbocycles. The minimum absolute atomic E-state index is 0.277. The van der Waals surface area contributed by atoms with Crippen LogP contribution in [0.1, 0.15) is 10.4 Å². The van der Waals surface area contributed by atoms with Gasteiger partial charge in [0.2, 0.25) is 5.90 Å². The molecule has 5 heteroatoms. The van der Waals surface area contributed by atoms with E-state index in [4.69, 9.17) is 9.47 Å². The van der Waals surface area contributed by atoms with Crippen molar-refractivity contribution in [1.82, 2.24) is 0 Å². The molecule has 0 saturated heterocycles. The first-order chi connectivity index (χ1) is 10.8. The van der Waals surface area contributed by atoms with Gasteiger partial charge >= 0.3 is 5.97 Å². The Morgan fingerprint density at radius 1 is 1.18 bits per heavy atom. The fraction of sp³-hybridized carbons (Fsp3) is 0.0588. The molecule has 2 heterocycles. The molecule has 3 rings (SSSR count). The number of hydrogen-bond acceptors (Lipinski definition) is 5. The molecule has 22 heavy (non-hydrogen) atoms. The number of esters is 1. The van der Waals surface area contributed by atoms with Crippen molar-refractivity contribution in [2.24, 2.45) is 4.99 Å². The first kappa shape index (κ1) is 14.3. The van der Waals surface area contributed by atoms with Gasteiger partial charge in [0.1, 0.15) is 5.75 Å². The number of nitrogens with zero attached hydrogens (tertiary/aromatic N) is 1. The Balaban J connectivity index is 1.81. The Morgan fingerprint density at radius 3 is 2.82 bits per heavy atom. The molecule has 0 bridgehead atoms. The van der Waals surface area contributed by atoms with E-state index >= 15 is 0 Å². The number of cyclic esters (lactones) is 1. The third-order valence-corrected chi connectivity index (χ3v) is 3.82. The summed E-state index contributed by atoms with van der Waals surface area (Å²) in [6.07, 6.45) is 5.18. The van der Waals surface area contributed by atoms with Crippen LogP contribution in [0.2, 0.25) is 0 Å². The van der Waals surface area contributed by atoms with Crippen LogP contribution in [-0.4, -0.2) is 19.0 Å². The SMILES string of the molecule is COc1ccccc1/C=C/C1=NC(=C\c2cccs2)/C(=O)O1. The Kier molecular flexibility index (Phi) is 4.16. The second kappa shape index (κ2) is 6.41. The van der Waals surface area contributed by atoms with Crippen LogP contribution in [0.25, 0.3) is 12.2 Å². The maximum atomic E-state index is 11.8. The molecule has 0 N–H and O–H groups in total. The quantitative estimate of drug-likeness (QED) is 0.638. The zero-order valence-corrected chi connectivity index (χ0v) is 12.7. The molecule has 0 spiro atoms. The highest BCUT2D eigenvalue weighted by Gasteiger charge is 2.21. The lowest BCUT2D eigenvalue weighted by molar-refractivity contribution is -0.129. The number of aliphatic imine (C=N–C) groups is 1. The molecule has 0 amide bonds.